The zero-order valence-electron chi connectivity index (χ0n) is 16.3. The van der Waals surface area contributed by atoms with Crippen LogP contribution in [0.4, 0.5) is 0 Å². The van der Waals surface area contributed by atoms with Crippen molar-refractivity contribution < 1.29 is 9.32 Å². The molecule has 0 radical (unpaired) electrons. The molecule has 4 nitrogen and oxygen atoms in total. The number of benzene rings is 2. The Morgan fingerprint density at radius 3 is 2.71 bits per heavy atom. The van der Waals surface area contributed by atoms with Crippen molar-refractivity contribution in [3.8, 4) is 0 Å². The van der Waals surface area contributed by atoms with Gasteiger partial charge < -0.3 is 9.42 Å². The number of hydrogen-bond acceptors (Lipinski definition) is 3. The van der Waals surface area contributed by atoms with Crippen molar-refractivity contribution in [1.29, 1.82) is 0 Å². The number of nitrogens with zero attached hydrogens (tertiary/aromatic N) is 2. The average molecular weight is 374 g/mol. The maximum Gasteiger partial charge on any atom is 0.292 e. The van der Waals surface area contributed by atoms with E-state index in [4.69, 9.17) is 4.52 Å². The second kappa shape index (κ2) is 8.42. The van der Waals surface area contributed by atoms with E-state index in [1.165, 1.54) is 16.7 Å². The lowest BCUT2D eigenvalue weighted by Gasteiger charge is -2.33. The highest BCUT2D eigenvalue weighted by Crippen LogP contribution is 2.29. The molecule has 0 spiro atoms. The van der Waals surface area contributed by atoms with E-state index in [2.05, 4.69) is 48.5 Å². The van der Waals surface area contributed by atoms with Crippen molar-refractivity contribution >= 4 is 5.91 Å². The van der Waals surface area contributed by atoms with Crippen molar-refractivity contribution in [3.63, 3.8) is 0 Å². The Morgan fingerprint density at radius 1 is 1.11 bits per heavy atom. The van der Waals surface area contributed by atoms with Crippen molar-refractivity contribution in [2.45, 2.75) is 38.5 Å². The van der Waals surface area contributed by atoms with Crippen LogP contribution in [-0.4, -0.2) is 29.1 Å². The minimum absolute atomic E-state index is 0.0447. The molecule has 1 unspecified atom stereocenters. The van der Waals surface area contributed by atoms with E-state index >= 15 is 0 Å². The monoisotopic (exact) mass is 374 g/mol. The summed E-state index contributed by atoms with van der Waals surface area (Å²) in [5, 5.41) is 4.12. The van der Waals surface area contributed by atoms with Crippen molar-refractivity contribution in [2.75, 3.05) is 13.1 Å². The summed E-state index contributed by atoms with van der Waals surface area (Å²) in [5.41, 5.74) is 4.74. The summed E-state index contributed by atoms with van der Waals surface area (Å²) in [4.78, 5) is 14.9. The van der Waals surface area contributed by atoms with E-state index in [1.807, 2.05) is 29.2 Å². The minimum atomic E-state index is -0.0447. The zero-order chi connectivity index (χ0) is 19.3. The van der Waals surface area contributed by atoms with E-state index in [-0.39, 0.29) is 5.91 Å². The van der Waals surface area contributed by atoms with Gasteiger partial charge in [0.15, 0.2) is 0 Å². The highest BCUT2D eigenvalue weighted by atomic mass is 16.5. The quantitative estimate of drug-likeness (QED) is 0.645. The SMILES string of the molecule is Cc1ccccc1C1CCCN(C(=O)c2cc(CCc3ccccc3)no2)C1. The van der Waals surface area contributed by atoms with Gasteiger partial charge in [0, 0.05) is 25.1 Å². The third-order valence-electron chi connectivity index (χ3n) is 5.62. The molecule has 2 aromatic carbocycles. The molecule has 0 bridgehead atoms. The number of carbonyl (C=O) groups excluding carboxylic acids is 1. The molecule has 1 aliphatic heterocycles. The lowest BCUT2D eigenvalue weighted by molar-refractivity contribution is 0.0664. The Labute approximate surface area is 166 Å². The smallest absolute Gasteiger partial charge is 0.292 e. The third kappa shape index (κ3) is 4.16. The number of aryl methyl sites for hydroxylation is 3. The standard InChI is InChI=1S/C24H26N2O2/c1-18-8-5-6-12-22(18)20-11-7-15-26(17-20)24(27)23-16-21(25-28-23)14-13-19-9-3-2-4-10-19/h2-6,8-10,12,16,20H,7,11,13-15,17H2,1H3. The molecule has 1 aromatic heterocycles. The Morgan fingerprint density at radius 2 is 1.89 bits per heavy atom. The predicted molar refractivity (Wildman–Crippen MR) is 109 cm³/mol. The number of hydrogen-bond donors (Lipinski definition) is 0. The summed E-state index contributed by atoms with van der Waals surface area (Å²) in [5.74, 6) is 0.699. The van der Waals surface area contributed by atoms with Crippen LogP contribution in [0.2, 0.25) is 0 Å². The van der Waals surface area contributed by atoms with Crippen molar-refractivity contribution in [2.24, 2.45) is 0 Å². The van der Waals surface area contributed by atoms with Crippen LogP contribution in [0.1, 0.15) is 51.7 Å². The maximum absolute atomic E-state index is 12.9. The Bertz CT molecular complexity index is 933. The van der Waals surface area contributed by atoms with Gasteiger partial charge in [-0.1, -0.05) is 59.8 Å². The van der Waals surface area contributed by atoms with Crippen LogP contribution in [0, 0.1) is 6.92 Å². The van der Waals surface area contributed by atoms with Gasteiger partial charge in [0.25, 0.3) is 5.91 Å². The van der Waals surface area contributed by atoms with E-state index < -0.39 is 0 Å². The molecule has 4 rings (SSSR count). The molecule has 28 heavy (non-hydrogen) atoms. The molecule has 1 atom stereocenters. The Balaban J connectivity index is 1.40. The molecule has 2 heterocycles. The van der Waals surface area contributed by atoms with Crippen LogP contribution in [0.25, 0.3) is 0 Å². The third-order valence-corrected chi connectivity index (χ3v) is 5.62. The van der Waals surface area contributed by atoms with Gasteiger partial charge in [-0.3, -0.25) is 4.79 Å². The van der Waals surface area contributed by atoms with Crippen LogP contribution in [0.15, 0.2) is 65.2 Å². The molecule has 0 N–H and O–H groups in total. The zero-order valence-corrected chi connectivity index (χ0v) is 16.3. The molecule has 3 aromatic rings. The van der Waals surface area contributed by atoms with Crippen LogP contribution < -0.4 is 0 Å². The molecule has 1 saturated heterocycles. The first-order valence-electron chi connectivity index (χ1n) is 10.0. The normalized spacial score (nSPS) is 16.9. The van der Waals surface area contributed by atoms with E-state index in [0.717, 1.165) is 44.5 Å². The van der Waals surface area contributed by atoms with Crippen LogP contribution in [-0.2, 0) is 12.8 Å². The highest BCUT2D eigenvalue weighted by molar-refractivity contribution is 5.91. The summed E-state index contributed by atoms with van der Waals surface area (Å²) in [6.07, 6.45) is 3.79. The van der Waals surface area contributed by atoms with Crippen LogP contribution in [0.3, 0.4) is 0 Å². The van der Waals surface area contributed by atoms with Gasteiger partial charge in [-0.05, 0) is 49.3 Å². The number of amides is 1. The molecule has 144 valence electrons. The summed E-state index contributed by atoms with van der Waals surface area (Å²) in [7, 11) is 0. The fourth-order valence-electron chi connectivity index (χ4n) is 4.06. The Kier molecular flexibility index (Phi) is 5.56. The van der Waals surface area contributed by atoms with Crippen LogP contribution in [0.5, 0.6) is 0 Å². The lowest BCUT2D eigenvalue weighted by atomic mass is 9.88. The summed E-state index contributed by atoms with van der Waals surface area (Å²) in [6, 6.07) is 20.6. The maximum atomic E-state index is 12.9. The first-order valence-corrected chi connectivity index (χ1v) is 10.0. The van der Waals surface area contributed by atoms with Crippen molar-refractivity contribution in [1.82, 2.24) is 10.1 Å². The molecule has 0 saturated carbocycles. The molecule has 1 amide bonds. The summed E-state index contributed by atoms with van der Waals surface area (Å²) in [6.45, 7) is 3.66. The average Bonchev–Trinajstić information content (AvgIpc) is 3.22. The van der Waals surface area contributed by atoms with Crippen molar-refractivity contribution in [3.05, 3.63) is 88.8 Å². The second-order valence-electron chi connectivity index (χ2n) is 7.62. The summed E-state index contributed by atoms with van der Waals surface area (Å²) >= 11 is 0. The minimum Gasteiger partial charge on any atom is -0.351 e. The van der Waals surface area contributed by atoms with Gasteiger partial charge in [0.2, 0.25) is 5.76 Å². The lowest BCUT2D eigenvalue weighted by Crippen LogP contribution is -2.39. The summed E-state index contributed by atoms with van der Waals surface area (Å²) < 4.78 is 5.39. The van der Waals surface area contributed by atoms with Gasteiger partial charge in [-0.15, -0.1) is 0 Å². The van der Waals surface area contributed by atoms with E-state index in [0.29, 0.717) is 11.7 Å². The molecule has 1 aliphatic rings. The van der Waals surface area contributed by atoms with Gasteiger partial charge in [-0.25, -0.2) is 0 Å². The number of carbonyl (C=O) groups is 1. The molecular weight excluding hydrogens is 348 g/mol. The first kappa shape index (κ1) is 18.5. The van der Waals surface area contributed by atoms with Gasteiger partial charge in [-0.2, -0.15) is 0 Å². The molecule has 0 aliphatic carbocycles. The topological polar surface area (TPSA) is 46.3 Å². The second-order valence-corrected chi connectivity index (χ2v) is 7.62. The fourth-order valence-corrected chi connectivity index (χ4v) is 4.06. The number of piperidine rings is 1. The van der Waals surface area contributed by atoms with Gasteiger partial charge >= 0.3 is 0 Å². The number of likely N-dealkylation sites (tertiary alicyclic amines) is 1. The van der Waals surface area contributed by atoms with E-state index in [1.54, 1.807) is 0 Å². The Hall–Kier alpha value is -2.88. The molecular formula is C24H26N2O2. The first-order chi connectivity index (χ1) is 13.7. The van der Waals surface area contributed by atoms with E-state index in [9.17, 15) is 4.79 Å². The molecule has 4 heteroatoms. The largest absolute Gasteiger partial charge is 0.351 e. The van der Waals surface area contributed by atoms with Gasteiger partial charge in [0.05, 0.1) is 5.69 Å². The molecule has 1 fully saturated rings. The number of aromatic nitrogens is 1. The van der Waals surface area contributed by atoms with Crippen LogP contribution >= 0.6 is 0 Å². The highest BCUT2D eigenvalue weighted by Gasteiger charge is 2.28. The van der Waals surface area contributed by atoms with Gasteiger partial charge in [0.1, 0.15) is 0 Å². The predicted octanol–water partition coefficient (Wildman–Crippen LogP) is 4.79. The number of rotatable bonds is 5. The fraction of sp³-hybridized carbons (Fsp3) is 0.333.